The van der Waals surface area contributed by atoms with Crippen molar-refractivity contribution in [2.45, 2.75) is 30.9 Å². The number of thioether (sulfide) groups is 1. The van der Waals surface area contributed by atoms with E-state index in [0.717, 1.165) is 63.8 Å². The van der Waals surface area contributed by atoms with E-state index < -0.39 is 0 Å². The zero-order valence-electron chi connectivity index (χ0n) is 17.3. The normalized spacial score (nSPS) is 16.1. The lowest BCUT2D eigenvalue weighted by Gasteiger charge is -2.34. The number of hydrogen-bond donors (Lipinski definition) is 2. The quantitative estimate of drug-likeness (QED) is 0.312. The zero-order chi connectivity index (χ0) is 19.7. The summed E-state index contributed by atoms with van der Waals surface area (Å²) in [5.41, 5.74) is 2.37. The Morgan fingerprint density at radius 3 is 2.62 bits per heavy atom. The van der Waals surface area contributed by atoms with Crippen molar-refractivity contribution in [1.29, 1.82) is 0 Å². The number of benzene rings is 1. The van der Waals surface area contributed by atoms with E-state index >= 15 is 0 Å². The van der Waals surface area contributed by atoms with Crippen molar-refractivity contribution in [2.75, 3.05) is 39.1 Å². The maximum Gasteiger partial charge on any atom is 0.191 e. The number of nitrogens with one attached hydrogen (secondary N) is 2. The van der Waals surface area contributed by atoms with E-state index in [4.69, 9.17) is 9.73 Å². The van der Waals surface area contributed by atoms with Crippen molar-refractivity contribution >= 4 is 41.7 Å². The number of aromatic nitrogens is 2. The Hall–Kier alpha value is -1.26. The fraction of sp³-hybridized carbons (Fsp3) is 0.524. The highest BCUT2D eigenvalue weighted by molar-refractivity contribution is 14.0. The molecule has 2 N–H and O–H groups in total. The lowest BCUT2D eigenvalue weighted by molar-refractivity contribution is 0.0794. The van der Waals surface area contributed by atoms with Gasteiger partial charge in [0.2, 0.25) is 0 Å². The fourth-order valence-electron chi connectivity index (χ4n) is 3.30. The molecule has 1 aliphatic heterocycles. The fourth-order valence-corrected chi connectivity index (χ4v) is 4.07. The van der Waals surface area contributed by atoms with Gasteiger partial charge in [-0.25, -0.2) is 4.68 Å². The van der Waals surface area contributed by atoms with Crippen LogP contribution in [-0.2, 0) is 11.2 Å². The lowest BCUT2D eigenvalue weighted by atomic mass is 9.99. The number of ether oxygens (including phenoxy) is 1. The summed E-state index contributed by atoms with van der Waals surface area (Å²) in [6.45, 7) is 6.32. The van der Waals surface area contributed by atoms with E-state index in [1.165, 1.54) is 5.56 Å². The van der Waals surface area contributed by atoms with Crippen molar-refractivity contribution in [3.8, 4) is 5.69 Å². The first kappa shape index (κ1) is 24.0. The second-order valence-corrected chi connectivity index (χ2v) is 8.26. The first-order valence-corrected chi connectivity index (χ1v) is 11.2. The monoisotopic (exact) mass is 529 g/mol. The second-order valence-electron chi connectivity index (χ2n) is 6.99. The molecule has 6 nitrogen and oxygen atoms in total. The predicted molar refractivity (Wildman–Crippen MR) is 133 cm³/mol. The first-order chi connectivity index (χ1) is 13.7. The van der Waals surface area contributed by atoms with E-state index in [2.05, 4.69) is 53.2 Å². The number of nitrogens with zero attached hydrogens (tertiary/aromatic N) is 3. The molecule has 3 rings (SSSR count). The van der Waals surface area contributed by atoms with Gasteiger partial charge < -0.3 is 15.4 Å². The van der Waals surface area contributed by atoms with Crippen molar-refractivity contribution in [1.82, 2.24) is 20.4 Å². The van der Waals surface area contributed by atoms with Crippen LogP contribution < -0.4 is 10.6 Å². The topological polar surface area (TPSA) is 63.5 Å². The van der Waals surface area contributed by atoms with Crippen LogP contribution in [0.5, 0.6) is 0 Å². The zero-order valence-corrected chi connectivity index (χ0v) is 20.4. The summed E-state index contributed by atoms with van der Waals surface area (Å²) in [6, 6.07) is 10.5. The Kier molecular flexibility index (Phi) is 10.3. The van der Waals surface area contributed by atoms with Gasteiger partial charge in [-0.3, -0.25) is 4.99 Å². The van der Waals surface area contributed by atoms with Crippen LogP contribution in [0.15, 0.2) is 47.7 Å². The molecule has 1 aromatic carbocycles. The van der Waals surface area contributed by atoms with Crippen LogP contribution in [0.2, 0.25) is 0 Å². The summed E-state index contributed by atoms with van der Waals surface area (Å²) < 4.78 is 7.61. The minimum absolute atomic E-state index is 0. The van der Waals surface area contributed by atoms with E-state index in [1.807, 2.05) is 28.7 Å². The van der Waals surface area contributed by atoms with Crippen LogP contribution in [-0.4, -0.2) is 59.6 Å². The van der Waals surface area contributed by atoms with E-state index in [0.29, 0.717) is 0 Å². The average Bonchev–Trinajstić information content (AvgIpc) is 3.28. The van der Waals surface area contributed by atoms with Gasteiger partial charge in [-0.2, -0.15) is 16.9 Å². The molecule has 2 heterocycles. The van der Waals surface area contributed by atoms with E-state index in [1.54, 1.807) is 6.20 Å². The Morgan fingerprint density at radius 1 is 1.24 bits per heavy atom. The van der Waals surface area contributed by atoms with Crippen LogP contribution in [0.25, 0.3) is 5.69 Å². The first-order valence-electron chi connectivity index (χ1n) is 9.99. The third-order valence-electron chi connectivity index (χ3n) is 5.12. The molecule has 0 amide bonds. The third-order valence-corrected chi connectivity index (χ3v) is 6.52. The number of halogens is 1. The van der Waals surface area contributed by atoms with Gasteiger partial charge in [0.1, 0.15) is 0 Å². The Labute approximate surface area is 195 Å². The smallest absolute Gasteiger partial charge is 0.191 e. The molecular formula is C21H32IN5OS. The Balaban J connectivity index is 0.00000300. The number of aliphatic imine (C=N–C) groups is 1. The minimum Gasteiger partial charge on any atom is -0.381 e. The summed E-state index contributed by atoms with van der Waals surface area (Å²) in [7, 11) is 0. The summed E-state index contributed by atoms with van der Waals surface area (Å²) in [4.78, 5) is 4.87. The molecule has 0 radical (unpaired) electrons. The maximum absolute atomic E-state index is 5.53. The molecule has 2 aromatic rings. The van der Waals surface area contributed by atoms with Crippen LogP contribution in [0.3, 0.4) is 0 Å². The standard InChI is InChI=1S/C21H31N5OS.HI/c1-3-22-20(24-17-21(28-2)10-15-27-16-11-21)23-13-9-18-5-7-19(8-6-18)26-14-4-12-25-26;/h4-8,12,14H,3,9-11,13,15-17H2,1-2H3,(H2,22,23,24);1H. The van der Waals surface area contributed by atoms with E-state index in [-0.39, 0.29) is 28.7 Å². The predicted octanol–water partition coefficient (Wildman–Crippen LogP) is 3.50. The molecule has 0 spiro atoms. The SMILES string of the molecule is CCNC(=NCC1(SC)CCOCC1)NCCc1ccc(-n2cccn2)cc1.I. The van der Waals surface area contributed by atoms with Crippen LogP contribution in [0.4, 0.5) is 0 Å². The molecule has 0 atom stereocenters. The van der Waals surface area contributed by atoms with Crippen molar-refractivity contribution in [2.24, 2.45) is 4.99 Å². The van der Waals surface area contributed by atoms with Gasteiger partial charge >= 0.3 is 0 Å². The molecule has 0 aliphatic carbocycles. The highest BCUT2D eigenvalue weighted by atomic mass is 127. The minimum atomic E-state index is 0. The van der Waals surface area contributed by atoms with Crippen LogP contribution >= 0.6 is 35.7 Å². The number of rotatable bonds is 8. The van der Waals surface area contributed by atoms with Crippen LogP contribution in [0.1, 0.15) is 25.3 Å². The lowest BCUT2D eigenvalue weighted by Crippen LogP contribution is -2.41. The Bertz CT molecular complexity index is 730. The Morgan fingerprint density at radius 2 is 2.00 bits per heavy atom. The molecule has 0 saturated carbocycles. The van der Waals surface area contributed by atoms with Gasteiger partial charge in [0.15, 0.2) is 5.96 Å². The summed E-state index contributed by atoms with van der Waals surface area (Å²) in [5.74, 6) is 0.899. The molecular weight excluding hydrogens is 497 g/mol. The average molecular weight is 529 g/mol. The summed E-state index contributed by atoms with van der Waals surface area (Å²) >= 11 is 1.92. The molecule has 1 saturated heterocycles. The highest BCUT2D eigenvalue weighted by Gasteiger charge is 2.31. The van der Waals surface area contributed by atoms with Gasteiger partial charge in [-0.1, -0.05) is 12.1 Å². The molecule has 29 heavy (non-hydrogen) atoms. The van der Waals surface area contributed by atoms with Crippen molar-refractivity contribution in [3.63, 3.8) is 0 Å². The molecule has 1 aromatic heterocycles. The number of guanidine groups is 1. The molecule has 8 heteroatoms. The molecule has 1 aliphatic rings. The summed E-state index contributed by atoms with van der Waals surface area (Å²) in [5, 5.41) is 11.1. The molecule has 0 bridgehead atoms. The highest BCUT2D eigenvalue weighted by Crippen LogP contribution is 2.33. The van der Waals surface area contributed by atoms with Gasteiger partial charge in [0.05, 0.1) is 12.2 Å². The largest absolute Gasteiger partial charge is 0.381 e. The van der Waals surface area contributed by atoms with Crippen LogP contribution in [0, 0.1) is 0 Å². The van der Waals surface area contributed by atoms with E-state index in [9.17, 15) is 0 Å². The van der Waals surface area contributed by atoms with Gasteiger partial charge in [0.25, 0.3) is 0 Å². The third kappa shape index (κ3) is 7.18. The van der Waals surface area contributed by atoms with Gasteiger partial charge in [-0.05, 0) is 56.2 Å². The molecule has 0 unspecified atom stereocenters. The van der Waals surface area contributed by atoms with Gasteiger partial charge in [-0.15, -0.1) is 24.0 Å². The maximum atomic E-state index is 5.53. The van der Waals surface area contributed by atoms with Crippen molar-refractivity contribution in [3.05, 3.63) is 48.3 Å². The van der Waals surface area contributed by atoms with Gasteiger partial charge in [0, 0.05) is 43.4 Å². The molecule has 1 fully saturated rings. The molecule has 160 valence electrons. The summed E-state index contributed by atoms with van der Waals surface area (Å²) in [6.07, 6.45) is 9.02. The number of hydrogen-bond acceptors (Lipinski definition) is 4. The van der Waals surface area contributed by atoms with Crippen molar-refractivity contribution < 1.29 is 4.74 Å². The second kappa shape index (κ2) is 12.4.